The smallest absolute Gasteiger partial charge is 0.290 e. The number of hydrogen-bond acceptors (Lipinski definition) is 2. The molecule has 0 atom stereocenters. The van der Waals surface area contributed by atoms with Gasteiger partial charge in [-0.1, -0.05) is 19.8 Å². The molecule has 0 aliphatic rings. The van der Waals surface area contributed by atoms with E-state index in [1.54, 1.807) is 0 Å². The van der Waals surface area contributed by atoms with Crippen LogP contribution in [0.2, 0.25) is 0 Å². The monoisotopic (exact) mass is 146 g/mol. The Kier molecular flexibility index (Phi) is 18.7. The first-order chi connectivity index (χ1) is 4.83. The number of aldehydes is 1. The number of carboxylic acid groups (broad SMARTS) is 1. The molecule has 0 fully saturated rings. The summed E-state index contributed by atoms with van der Waals surface area (Å²) in [6, 6.07) is 0. The average Bonchev–Trinajstić information content (AvgIpc) is 1.91. The molecule has 60 valence electrons. The Morgan fingerprint density at radius 3 is 2.10 bits per heavy atom. The van der Waals surface area contributed by atoms with Gasteiger partial charge in [-0.2, -0.15) is 0 Å². The van der Waals surface area contributed by atoms with Crippen molar-refractivity contribution in [1.29, 1.82) is 0 Å². The zero-order chi connectivity index (χ0) is 8.24. The van der Waals surface area contributed by atoms with E-state index in [0.717, 1.165) is 19.1 Å². The largest absolute Gasteiger partial charge is 0.483 e. The van der Waals surface area contributed by atoms with E-state index in [2.05, 4.69) is 6.92 Å². The van der Waals surface area contributed by atoms with E-state index < -0.39 is 0 Å². The summed E-state index contributed by atoms with van der Waals surface area (Å²) in [5.41, 5.74) is 0. The first-order valence-corrected chi connectivity index (χ1v) is 3.34. The summed E-state index contributed by atoms with van der Waals surface area (Å²) in [6.07, 6.45) is 5.19. The van der Waals surface area contributed by atoms with Crippen molar-refractivity contribution in [3.8, 4) is 0 Å². The summed E-state index contributed by atoms with van der Waals surface area (Å²) in [6.45, 7) is 1.88. The normalized spacial score (nSPS) is 7.30. The molecule has 0 rings (SSSR count). The molecule has 1 N–H and O–H groups in total. The molecule has 0 bridgehead atoms. The van der Waals surface area contributed by atoms with Gasteiger partial charge in [0.25, 0.3) is 6.47 Å². The minimum Gasteiger partial charge on any atom is -0.483 e. The van der Waals surface area contributed by atoms with Crippen LogP contribution in [0.3, 0.4) is 0 Å². The van der Waals surface area contributed by atoms with Gasteiger partial charge in [0.15, 0.2) is 0 Å². The lowest BCUT2D eigenvalue weighted by Crippen LogP contribution is -1.73. The molecule has 0 amide bonds. The molecule has 0 aromatic carbocycles. The van der Waals surface area contributed by atoms with Gasteiger partial charge in [0, 0.05) is 6.42 Å². The molecule has 0 spiro atoms. The van der Waals surface area contributed by atoms with E-state index in [-0.39, 0.29) is 6.47 Å². The summed E-state index contributed by atoms with van der Waals surface area (Å²) in [4.78, 5) is 18.0. The van der Waals surface area contributed by atoms with Crippen molar-refractivity contribution < 1.29 is 14.7 Å². The summed E-state index contributed by atoms with van der Waals surface area (Å²) >= 11 is 0. The van der Waals surface area contributed by atoms with Gasteiger partial charge >= 0.3 is 0 Å². The fraction of sp³-hybridized carbons (Fsp3) is 0.714. The van der Waals surface area contributed by atoms with Gasteiger partial charge in [0.05, 0.1) is 0 Å². The van der Waals surface area contributed by atoms with Gasteiger partial charge in [-0.05, 0) is 6.42 Å². The number of unbranched alkanes of at least 4 members (excludes halogenated alkanes) is 3. The Morgan fingerprint density at radius 2 is 1.80 bits per heavy atom. The molecule has 0 heterocycles. The summed E-state index contributed by atoms with van der Waals surface area (Å²) in [5, 5.41) is 6.89. The van der Waals surface area contributed by atoms with Gasteiger partial charge in [0.2, 0.25) is 0 Å². The average molecular weight is 146 g/mol. The quantitative estimate of drug-likeness (QED) is 0.482. The number of carbonyl (C=O) groups excluding carboxylic acids is 1. The van der Waals surface area contributed by atoms with Crippen molar-refractivity contribution in [1.82, 2.24) is 0 Å². The Morgan fingerprint density at radius 1 is 1.30 bits per heavy atom. The third-order valence-corrected chi connectivity index (χ3v) is 0.926. The first kappa shape index (κ1) is 11.9. The zero-order valence-corrected chi connectivity index (χ0v) is 6.25. The van der Waals surface area contributed by atoms with Crippen LogP contribution in [0.1, 0.15) is 32.6 Å². The molecular weight excluding hydrogens is 132 g/mol. The first-order valence-electron chi connectivity index (χ1n) is 3.34. The Hall–Kier alpha value is -0.860. The van der Waals surface area contributed by atoms with Crippen LogP contribution < -0.4 is 0 Å². The molecule has 0 radical (unpaired) electrons. The van der Waals surface area contributed by atoms with Gasteiger partial charge in [-0.3, -0.25) is 4.79 Å². The molecule has 10 heavy (non-hydrogen) atoms. The van der Waals surface area contributed by atoms with E-state index in [0.29, 0.717) is 0 Å². The van der Waals surface area contributed by atoms with Crippen LogP contribution in [0.4, 0.5) is 0 Å². The fourth-order valence-corrected chi connectivity index (χ4v) is 0.478. The highest BCUT2D eigenvalue weighted by molar-refractivity contribution is 5.48. The van der Waals surface area contributed by atoms with Crippen molar-refractivity contribution in [3.63, 3.8) is 0 Å². The lowest BCUT2D eigenvalue weighted by atomic mass is 10.2. The molecule has 0 aromatic rings. The van der Waals surface area contributed by atoms with Crippen LogP contribution in [-0.2, 0) is 9.59 Å². The second kappa shape index (κ2) is 15.7. The number of carbonyl (C=O) groups is 2. The Bertz CT molecular complexity index is 71.3. The minimum absolute atomic E-state index is 0.250. The minimum atomic E-state index is -0.250. The number of rotatable bonds is 4. The second-order valence-electron chi connectivity index (χ2n) is 1.77. The van der Waals surface area contributed by atoms with Crippen LogP contribution in [-0.4, -0.2) is 17.9 Å². The van der Waals surface area contributed by atoms with E-state index >= 15 is 0 Å². The Balaban J connectivity index is 0. The molecule has 0 aromatic heterocycles. The van der Waals surface area contributed by atoms with Crippen molar-refractivity contribution >= 4 is 12.8 Å². The zero-order valence-electron chi connectivity index (χ0n) is 6.25. The maximum atomic E-state index is 9.68. The molecule has 0 saturated heterocycles. The lowest BCUT2D eigenvalue weighted by Gasteiger charge is -1.85. The van der Waals surface area contributed by atoms with Gasteiger partial charge in [0.1, 0.15) is 6.29 Å². The van der Waals surface area contributed by atoms with Crippen molar-refractivity contribution in [2.75, 3.05) is 0 Å². The van der Waals surface area contributed by atoms with Crippen LogP contribution in [0, 0.1) is 0 Å². The van der Waals surface area contributed by atoms with E-state index in [1.807, 2.05) is 0 Å². The molecule has 0 aliphatic heterocycles. The van der Waals surface area contributed by atoms with E-state index in [9.17, 15) is 4.79 Å². The molecule has 3 heteroatoms. The van der Waals surface area contributed by atoms with Crippen LogP contribution in [0.15, 0.2) is 0 Å². The summed E-state index contributed by atoms with van der Waals surface area (Å²) in [7, 11) is 0. The molecule has 3 nitrogen and oxygen atoms in total. The summed E-state index contributed by atoms with van der Waals surface area (Å²) < 4.78 is 0. The maximum Gasteiger partial charge on any atom is 0.290 e. The van der Waals surface area contributed by atoms with E-state index in [4.69, 9.17) is 9.90 Å². The maximum absolute atomic E-state index is 9.68. The SMILES string of the molecule is CCCCCC=O.O=CO. The van der Waals surface area contributed by atoms with Crippen molar-refractivity contribution in [2.45, 2.75) is 32.6 Å². The molecule has 0 unspecified atom stereocenters. The molecule has 0 saturated carbocycles. The topological polar surface area (TPSA) is 54.4 Å². The van der Waals surface area contributed by atoms with Crippen LogP contribution in [0.5, 0.6) is 0 Å². The highest BCUT2D eigenvalue weighted by Crippen LogP contribution is 1.94. The molecular formula is C7H14O3. The fourth-order valence-electron chi connectivity index (χ4n) is 0.478. The van der Waals surface area contributed by atoms with Gasteiger partial charge in [-0.15, -0.1) is 0 Å². The summed E-state index contributed by atoms with van der Waals surface area (Å²) in [5.74, 6) is 0. The van der Waals surface area contributed by atoms with Crippen LogP contribution in [0.25, 0.3) is 0 Å². The molecule has 0 aliphatic carbocycles. The standard InChI is InChI=1S/C6H12O.CH2O2/c1-2-3-4-5-6-7;2-1-3/h6H,2-5H2,1H3;1H,(H,2,3). The highest BCUT2D eigenvalue weighted by Gasteiger charge is 1.80. The van der Waals surface area contributed by atoms with Gasteiger partial charge in [-0.25, -0.2) is 0 Å². The predicted octanol–water partition coefficient (Wildman–Crippen LogP) is 1.47. The lowest BCUT2D eigenvalue weighted by molar-refractivity contribution is -0.122. The predicted molar refractivity (Wildman–Crippen MR) is 38.9 cm³/mol. The van der Waals surface area contributed by atoms with Gasteiger partial charge < -0.3 is 9.90 Å². The third kappa shape index (κ3) is 27.3. The van der Waals surface area contributed by atoms with Crippen molar-refractivity contribution in [2.24, 2.45) is 0 Å². The second-order valence-corrected chi connectivity index (χ2v) is 1.77. The van der Waals surface area contributed by atoms with E-state index in [1.165, 1.54) is 12.8 Å². The highest BCUT2D eigenvalue weighted by atomic mass is 16.3. The van der Waals surface area contributed by atoms with Crippen LogP contribution >= 0.6 is 0 Å². The van der Waals surface area contributed by atoms with Crippen molar-refractivity contribution in [3.05, 3.63) is 0 Å². The third-order valence-electron chi connectivity index (χ3n) is 0.926. The number of hydrogen-bond donors (Lipinski definition) is 1. The Labute approximate surface area is 61.1 Å².